The van der Waals surface area contributed by atoms with Crippen molar-refractivity contribution in [3.63, 3.8) is 0 Å². The Kier molecular flexibility index (Phi) is 5.25. The van der Waals surface area contributed by atoms with Gasteiger partial charge in [0.2, 0.25) is 0 Å². The number of halogens is 2. The summed E-state index contributed by atoms with van der Waals surface area (Å²) in [5.41, 5.74) is 7.21. The predicted octanol–water partition coefficient (Wildman–Crippen LogP) is 4.14. The van der Waals surface area contributed by atoms with Gasteiger partial charge in [-0.1, -0.05) is 35.9 Å². The smallest absolute Gasteiger partial charge is 0.136 e. The van der Waals surface area contributed by atoms with E-state index in [1.54, 1.807) is 12.1 Å². The van der Waals surface area contributed by atoms with E-state index in [-0.39, 0.29) is 11.9 Å². The zero-order valence-corrected chi connectivity index (χ0v) is 11.9. The van der Waals surface area contributed by atoms with Crippen LogP contribution in [0.5, 0.6) is 0 Å². The Morgan fingerprint density at radius 3 is 2.47 bits per heavy atom. The van der Waals surface area contributed by atoms with Gasteiger partial charge in [0.25, 0.3) is 0 Å². The Morgan fingerprint density at radius 2 is 1.79 bits per heavy atom. The highest BCUT2D eigenvalue weighted by Gasteiger charge is 2.07. The molecule has 0 radical (unpaired) electrons. The first-order valence-electron chi connectivity index (χ1n) is 6.02. The second-order valence-electron chi connectivity index (χ2n) is 4.33. The van der Waals surface area contributed by atoms with Gasteiger partial charge >= 0.3 is 0 Å². The highest BCUT2D eigenvalue weighted by Crippen LogP contribution is 2.22. The van der Waals surface area contributed by atoms with Gasteiger partial charge in [-0.05, 0) is 36.2 Å². The SMILES string of the molecule is NC(CSc1ccccc1F)Cc1ccc(Cl)cc1. The first-order valence-corrected chi connectivity index (χ1v) is 7.39. The fraction of sp³-hybridized carbons (Fsp3) is 0.200. The molecule has 0 saturated heterocycles. The van der Waals surface area contributed by atoms with Crippen LogP contribution in [-0.2, 0) is 6.42 Å². The molecule has 0 fully saturated rings. The molecule has 0 aromatic heterocycles. The van der Waals surface area contributed by atoms with Gasteiger partial charge in [-0.15, -0.1) is 11.8 Å². The first-order chi connectivity index (χ1) is 9.15. The van der Waals surface area contributed by atoms with Crippen molar-refractivity contribution in [2.24, 2.45) is 5.73 Å². The lowest BCUT2D eigenvalue weighted by molar-refractivity contribution is 0.601. The molecule has 2 aromatic rings. The molecule has 0 spiro atoms. The number of benzene rings is 2. The highest BCUT2D eigenvalue weighted by molar-refractivity contribution is 7.99. The fourth-order valence-electron chi connectivity index (χ4n) is 1.74. The Labute approximate surface area is 122 Å². The summed E-state index contributed by atoms with van der Waals surface area (Å²) in [6.07, 6.45) is 0.763. The predicted molar refractivity (Wildman–Crippen MR) is 80.3 cm³/mol. The van der Waals surface area contributed by atoms with Gasteiger partial charge in [0, 0.05) is 21.7 Å². The van der Waals surface area contributed by atoms with Gasteiger partial charge in [-0.3, -0.25) is 0 Å². The second-order valence-corrected chi connectivity index (χ2v) is 5.83. The molecule has 0 saturated carbocycles. The summed E-state index contributed by atoms with van der Waals surface area (Å²) < 4.78 is 13.4. The van der Waals surface area contributed by atoms with Crippen LogP contribution in [0.25, 0.3) is 0 Å². The van der Waals surface area contributed by atoms with E-state index in [0.717, 1.165) is 17.0 Å². The average Bonchev–Trinajstić information content (AvgIpc) is 2.40. The van der Waals surface area contributed by atoms with Crippen LogP contribution in [0.15, 0.2) is 53.4 Å². The van der Waals surface area contributed by atoms with E-state index in [9.17, 15) is 4.39 Å². The zero-order valence-electron chi connectivity index (χ0n) is 10.4. The van der Waals surface area contributed by atoms with E-state index in [2.05, 4.69) is 0 Å². The Hall–Kier alpha value is -1.03. The van der Waals surface area contributed by atoms with Gasteiger partial charge in [0.05, 0.1) is 0 Å². The topological polar surface area (TPSA) is 26.0 Å². The minimum Gasteiger partial charge on any atom is -0.327 e. The van der Waals surface area contributed by atoms with Crippen LogP contribution in [0.3, 0.4) is 0 Å². The molecule has 2 N–H and O–H groups in total. The molecule has 1 atom stereocenters. The largest absolute Gasteiger partial charge is 0.327 e. The Bertz CT molecular complexity index is 530. The molecule has 0 aliphatic carbocycles. The van der Waals surface area contributed by atoms with E-state index in [1.807, 2.05) is 30.3 Å². The van der Waals surface area contributed by atoms with Crippen LogP contribution in [0, 0.1) is 5.82 Å². The van der Waals surface area contributed by atoms with Gasteiger partial charge < -0.3 is 5.73 Å². The molecule has 0 amide bonds. The van der Waals surface area contributed by atoms with Crippen LogP contribution in [0.4, 0.5) is 4.39 Å². The quantitative estimate of drug-likeness (QED) is 0.839. The minimum absolute atomic E-state index is 0.00854. The Balaban J connectivity index is 1.86. The van der Waals surface area contributed by atoms with Gasteiger partial charge in [0.1, 0.15) is 5.82 Å². The number of hydrogen-bond acceptors (Lipinski definition) is 2. The third-order valence-electron chi connectivity index (χ3n) is 2.70. The van der Waals surface area contributed by atoms with E-state index in [0.29, 0.717) is 10.6 Å². The number of nitrogens with two attached hydrogens (primary N) is 1. The lowest BCUT2D eigenvalue weighted by Crippen LogP contribution is -2.25. The lowest BCUT2D eigenvalue weighted by atomic mass is 10.1. The average molecular weight is 296 g/mol. The molecule has 0 heterocycles. The van der Waals surface area contributed by atoms with Gasteiger partial charge in [-0.25, -0.2) is 4.39 Å². The molecular formula is C15H15ClFNS. The van der Waals surface area contributed by atoms with Crippen molar-refractivity contribution < 1.29 is 4.39 Å². The number of rotatable bonds is 5. The van der Waals surface area contributed by atoms with E-state index in [4.69, 9.17) is 17.3 Å². The van der Waals surface area contributed by atoms with Crippen LogP contribution < -0.4 is 5.73 Å². The third-order valence-corrected chi connectivity index (χ3v) is 4.19. The van der Waals surface area contributed by atoms with Gasteiger partial charge in [0.15, 0.2) is 0 Å². The van der Waals surface area contributed by atoms with Crippen molar-refractivity contribution in [3.8, 4) is 0 Å². The molecule has 0 bridgehead atoms. The van der Waals surface area contributed by atoms with E-state index < -0.39 is 0 Å². The maximum atomic E-state index is 13.4. The monoisotopic (exact) mass is 295 g/mol. The van der Waals surface area contributed by atoms with Crippen molar-refractivity contribution in [1.82, 2.24) is 0 Å². The Morgan fingerprint density at radius 1 is 1.11 bits per heavy atom. The van der Waals surface area contributed by atoms with Crippen LogP contribution >= 0.6 is 23.4 Å². The van der Waals surface area contributed by atoms with Crippen molar-refractivity contribution in [3.05, 3.63) is 64.9 Å². The number of thioether (sulfide) groups is 1. The molecule has 100 valence electrons. The summed E-state index contributed by atoms with van der Waals surface area (Å²) in [6.45, 7) is 0. The summed E-state index contributed by atoms with van der Waals surface area (Å²) in [4.78, 5) is 0.647. The standard InChI is InChI=1S/C15H15ClFNS/c16-12-7-5-11(6-8-12)9-13(18)10-19-15-4-2-1-3-14(15)17/h1-8,13H,9-10,18H2. The number of hydrogen-bond donors (Lipinski definition) is 1. The second kappa shape index (κ2) is 6.94. The molecule has 0 aliphatic heterocycles. The van der Waals surface area contributed by atoms with Crippen LogP contribution in [0.1, 0.15) is 5.56 Å². The summed E-state index contributed by atoms with van der Waals surface area (Å²) in [5, 5.41) is 0.720. The van der Waals surface area contributed by atoms with Crippen molar-refractivity contribution in [2.45, 2.75) is 17.4 Å². The minimum atomic E-state index is -0.189. The first kappa shape index (κ1) is 14.4. The van der Waals surface area contributed by atoms with Crippen molar-refractivity contribution in [2.75, 3.05) is 5.75 Å². The van der Waals surface area contributed by atoms with E-state index >= 15 is 0 Å². The molecule has 1 nitrogen and oxygen atoms in total. The maximum Gasteiger partial charge on any atom is 0.136 e. The zero-order chi connectivity index (χ0) is 13.7. The third kappa shape index (κ3) is 4.53. The molecular weight excluding hydrogens is 281 g/mol. The maximum absolute atomic E-state index is 13.4. The van der Waals surface area contributed by atoms with Crippen molar-refractivity contribution >= 4 is 23.4 Å². The summed E-state index contributed by atoms with van der Waals surface area (Å²) in [6, 6.07) is 14.4. The highest BCUT2D eigenvalue weighted by atomic mass is 35.5. The summed E-state index contributed by atoms with van der Waals surface area (Å²) in [5.74, 6) is 0.495. The molecule has 1 unspecified atom stereocenters. The van der Waals surface area contributed by atoms with Crippen molar-refractivity contribution in [1.29, 1.82) is 0 Å². The van der Waals surface area contributed by atoms with Crippen LogP contribution in [0.2, 0.25) is 5.02 Å². The normalized spacial score (nSPS) is 12.4. The fourth-order valence-corrected chi connectivity index (χ4v) is 2.76. The van der Waals surface area contributed by atoms with Crippen LogP contribution in [-0.4, -0.2) is 11.8 Å². The summed E-state index contributed by atoms with van der Waals surface area (Å²) in [7, 11) is 0. The van der Waals surface area contributed by atoms with Gasteiger partial charge in [-0.2, -0.15) is 0 Å². The molecule has 2 aromatic carbocycles. The molecule has 0 aliphatic rings. The lowest BCUT2D eigenvalue weighted by Gasteiger charge is -2.11. The molecule has 19 heavy (non-hydrogen) atoms. The molecule has 4 heteroatoms. The summed E-state index contributed by atoms with van der Waals surface area (Å²) >= 11 is 7.28. The molecule has 2 rings (SSSR count). The van der Waals surface area contributed by atoms with E-state index in [1.165, 1.54) is 17.8 Å².